The first-order valence-corrected chi connectivity index (χ1v) is 8.35. The van der Waals surface area contributed by atoms with Crippen LogP contribution >= 0.6 is 15.9 Å². The molecule has 0 spiro atoms. The molecule has 0 saturated carbocycles. The van der Waals surface area contributed by atoms with Crippen LogP contribution in [0.4, 0.5) is 8.78 Å². The number of sulfonamides is 1. The summed E-state index contributed by atoms with van der Waals surface area (Å²) in [6.07, 6.45) is 0.199. The van der Waals surface area contributed by atoms with Gasteiger partial charge in [0.25, 0.3) is 0 Å². The predicted octanol–water partition coefficient (Wildman–Crippen LogP) is 3.25. The van der Waals surface area contributed by atoms with Gasteiger partial charge < -0.3 is 0 Å². The van der Waals surface area contributed by atoms with Crippen molar-refractivity contribution < 1.29 is 17.2 Å². The molecule has 2 aromatic rings. The summed E-state index contributed by atoms with van der Waals surface area (Å²) in [4.78, 5) is 0.135. The summed E-state index contributed by atoms with van der Waals surface area (Å²) >= 11 is 3.22. The fourth-order valence-electron chi connectivity index (χ4n) is 1.78. The molecule has 1 N–H and O–H groups in total. The van der Waals surface area contributed by atoms with Crippen LogP contribution in [0, 0.1) is 11.6 Å². The first-order valence-electron chi connectivity index (χ1n) is 6.07. The standard InChI is InChI=1S/C14H12BrF2NO2S/c15-11-1-3-14(4-2-11)21(19,20)18-6-5-10-7-12(16)9-13(17)8-10/h1-4,7-9,18H,5-6H2. The van der Waals surface area contributed by atoms with E-state index in [2.05, 4.69) is 20.7 Å². The van der Waals surface area contributed by atoms with E-state index >= 15 is 0 Å². The van der Waals surface area contributed by atoms with Gasteiger partial charge in [-0.1, -0.05) is 15.9 Å². The molecule has 0 aromatic heterocycles. The van der Waals surface area contributed by atoms with Crippen molar-refractivity contribution in [3.63, 3.8) is 0 Å². The Bertz CT molecular complexity index is 713. The van der Waals surface area contributed by atoms with E-state index in [9.17, 15) is 17.2 Å². The average Bonchev–Trinajstić information content (AvgIpc) is 2.37. The number of halogens is 3. The summed E-state index contributed by atoms with van der Waals surface area (Å²) in [5.41, 5.74) is 0.394. The fraction of sp³-hybridized carbons (Fsp3) is 0.143. The predicted molar refractivity (Wildman–Crippen MR) is 79.4 cm³/mol. The molecule has 21 heavy (non-hydrogen) atoms. The smallest absolute Gasteiger partial charge is 0.211 e. The van der Waals surface area contributed by atoms with Crippen LogP contribution in [0.1, 0.15) is 5.56 Å². The van der Waals surface area contributed by atoms with E-state index in [-0.39, 0.29) is 17.9 Å². The Morgan fingerprint density at radius 2 is 1.57 bits per heavy atom. The zero-order chi connectivity index (χ0) is 15.5. The van der Waals surface area contributed by atoms with Gasteiger partial charge in [0.15, 0.2) is 0 Å². The molecule has 0 fully saturated rings. The SMILES string of the molecule is O=S(=O)(NCCc1cc(F)cc(F)c1)c1ccc(Br)cc1. The Kier molecular flexibility index (Phi) is 5.08. The van der Waals surface area contributed by atoms with Gasteiger partial charge in [-0.15, -0.1) is 0 Å². The third-order valence-corrected chi connectivity index (χ3v) is 4.76. The highest BCUT2D eigenvalue weighted by Gasteiger charge is 2.13. The molecule has 112 valence electrons. The number of rotatable bonds is 5. The lowest BCUT2D eigenvalue weighted by Gasteiger charge is -2.07. The third kappa shape index (κ3) is 4.59. The topological polar surface area (TPSA) is 46.2 Å². The van der Waals surface area contributed by atoms with E-state index in [4.69, 9.17) is 0 Å². The lowest BCUT2D eigenvalue weighted by Crippen LogP contribution is -2.26. The lowest BCUT2D eigenvalue weighted by atomic mass is 10.1. The van der Waals surface area contributed by atoms with Crippen molar-refractivity contribution in [3.8, 4) is 0 Å². The highest BCUT2D eigenvalue weighted by Crippen LogP contribution is 2.14. The van der Waals surface area contributed by atoms with Crippen molar-refractivity contribution in [2.45, 2.75) is 11.3 Å². The maximum atomic E-state index is 13.0. The summed E-state index contributed by atoms with van der Waals surface area (Å²) in [7, 11) is -3.63. The highest BCUT2D eigenvalue weighted by atomic mass is 79.9. The Hall–Kier alpha value is -1.31. The minimum atomic E-state index is -3.63. The largest absolute Gasteiger partial charge is 0.240 e. The van der Waals surface area contributed by atoms with Gasteiger partial charge in [-0.25, -0.2) is 21.9 Å². The van der Waals surface area contributed by atoms with Crippen LogP contribution < -0.4 is 4.72 Å². The summed E-state index contributed by atoms with van der Waals surface area (Å²) < 4.78 is 53.2. The minimum Gasteiger partial charge on any atom is -0.211 e. The van der Waals surface area contributed by atoms with Crippen molar-refractivity contribution in [2.75, 3.05) is 6.54 Å². The Morgan fingerprint density at radius 3 is 2.14 bits per heavy atom. The van der Waals surface area contributed by atoms with Crippen molar-refractivity contribution in [1.29, 1.82) is 0 Å². The van der Waals surface area contributed by atoms with E-state index in [0.29, 0.717) is 5.56 Å². The maximum absolute atomic E-state index is 13.0. The summed E-state index contributed by atoms with van der Waals surface area (Å²) in [5, 5.41) is 0. The number of hydrogen-bond acceptors (Lipinski definition) is 2. The van der Waals surface area contributed by atoms with Gasteiger partial charge in [0.05, 0.1) is 4.90 Å². The Balaban J connectivity index is 2.00. The number of hydrogen-bond donors (Lipinski definition) is 1. The third-order valence-electron chi connectivity index (χ3n) is 2.75. The monoisotopic (exact) mass is 375 g/mol. The van der Waals surface area contributed by atoms with E-state index < -0.39 is 21.7 Å². The van der Waals surface area contributed by atoms with E-state index in [0.717, 1.165) is 10.5 Å². The van der Waals surface area contributed by atoms with Crippen LogP contribution in [-0.2, 0) is 16.4 Å². The van der Waals surface area contributed by atoms with Gasteiger partial charge in [0.2, 0.25) is 10.0 Å². The molecule has 0 bridgehead atoms. The fourth-order valence-corrected chi connectivity index (χ4v) is 3.08. The van der Waals surface area contributed by atoms with Crippen molar-refractivity contribution in [2.24, 2.45) is 0 Å². The van der Waals surface area contributed by atoms with Crippen LogP contribution in [-0.4, -0.2) is 15.0 Å². The van der Waals surface area contributed by atoms with Gasteiger partial charge in [-0.05, 0) is 48.4 Å². The molecule has 0 aliphatic heterocycles. The highest BCUT2D eigenvalue weighted by molar-refractivity contribution is 9.10. The maximum Gasteiger partial charge on any atom is 0.240 e. The normalized spacial score (nSPS) is 11.6. The Labute approximate surface area is 130 Å². The first kappa shape index (κ1) is 16.1. The van der Waals surface area contributed by atoms with Crippen LogP contribution in [0.3, 0.4) is 0 Å². The van der Waals surface area contributed by atoms with Gasteiger partial charge in [0, 0.05) is 17.1 Å². The molecule has 0 unspecified atom stereocenters. The molecule has 0 heterocycles. The molecule has 0 radical (unpaired) electrons. The van der Waals surface area contributed by atoms with Gasteiger partial charge in [-0.2, -0.15) is 0 Å². The van der Waals surface area contributed by atoms with E-state index in [1.165, 1.54) is 24.3 Å². The number of nitrogens with one attached hydrogen (secondary N) is 1. The zero-order valence-corrected chi connectivity index (χ0v) is 13.2. The molecule has 0 saturated heterocycles. The average molecular weight is 376 g/mol. The number of benzene rings is 2. The van der Waals surface area contributed by atoms with Crippen molar-refractivity contribution in [1.82, 2.24) is 4.72 Å². The minimum absolute atomic E-state index is 0.0568. The van der Waals surface area contributed by atoms with E-state index in [1.54, 1.807) is 12.1 Å². The zero-order valence-electron chi connectivity index (χ0n) is 10.8. The van der Waals surface area contributed by atoms with Gasteiger partial charge in [0.1, 0.15) is 11.6 Å². The van der Waals surface area contributed by atoms with E-state index in [1.807, 2.05) is 0 Å². The molecule has 2 rings (SSSR count). The molecule has 0 atom stereocenters. The second-order valence-electron chi connectivity index (χ2n) is 4.38. The summed E-state index contributed by atoms with van der Waals surface area (Å²) in [6, 6.07) is 9.30. The second kappa shape index (κ2) is 6.64. The molecule has 0 amide bonds. The molecule has 2 aromatic carbocycles. The van der Waals surface area contributed by atoms with Crippen molar-refractivity contribution >= 4 is 26.0 Å². The van der Waals surface area contributed by atoms with Crippen LogP contribution in [0.25, 0.3) is 0 Å². The molecular weight excluding hydrogens is 364 g/mol. The second-order valence-corrected chi connectivity index (χ2v) is 7.06. The molecule has 7 heteroatoms. The van der Waals surface area contributed by atoms with Crippen LogP contribution in [0.5, 0.6) is 0 Å². The quantitative estimate of drug-likeness (QED) is 0.871. The van der Waals surface area contributed by atoms with Crippen LogP contribution in [0.15, 0.2) is 51.8 Å². The van der Waals surface area contributed by atoms with Crippen molar-refractivity contribution in [3.05, 3.63) is 64.1 Å². The molecule has 0 aliphatic rings. The van der Waals surface area contributed by atoms with Gasteiger partial charge in [-0.3, -0.25) is 0 Å². The lowest BCUT2D eigenvalue weighted by molar-refractivity contribution is 0.576. The molecular formula is C14H12BrF2NO2S. The summed E-state index contributed by atoms with van der Waals surface area (Å²) in [5.74, 6) is -1.36. The Morgan fingerprint density at radius 1 is 1.00 bits per heavy atom. The summed E-state index contributed by atoms with van der Waals surface area (Å²) in [6.45, 7) is 0.0568. The molecule has 0 aliphatic carbocycles. The van der Waals surface area contributed by atoms with Gasteiger partial charge >= 0.3 is 0 Å². The molecule has 3 nitrogen and oxygen atoms in total. The first-order chi connectivity index (χ1) is 9.87. The van der Waals surface area contributed by atoms with Crippen LogP contribution in [0.2, 0.25) is 0 Å².